The molecule has 7 aromatic carbocycles. The van der Waals surface area contributed by atoms with Gasteiger partial charge in [-0.1, -0.05) is 153 Å². The predicted molar refractivity (Wildman–Crippen MR) is 271 cm³/mol. The maximum Gasteiger partial charge on any atom is 0.135 e. The van der Waals surface area contributed by atoms with E-state index in [0.717, 1.165) is 39.2 Å². The van der Waals surface area contributed by atoms with Gasteiger partial charge in [-0.25, -0.2) is 4.98 Å². The van der Waals surface area contributed by atoms with E-state index in [1.807, 2.05) is 97.9 Å². The van der Waals surface area contributed by atoms with E-state index in [4.69, 9.17) is 14.3 Å². The number of rotatable bonds is 7. The normalized spacial score (nSPS) is 15.3. The van der Waals surface area contributed by atoms with E-state index in [2.05, 4.69) is 76.9 Å². The first kappa shape index (κ1) is 33.1. The van der Waals surface area contributed by atoms with Gasteiger partial charge in [0.2, 0.25) is 0 Å². The Morgan fingerprint density at radius 3 is 1.94 bits per heavy atom. The monoisotopic (exact) mass is 1050 g/mol. The Morgan fingerprint density at radius 2 is 1.21 bits per heavy atom. The van der Waals surface area contributed by atoms with E-state index < -0.39 is 35.6 Å². The van der Waals surface area contributed by atoms with Crippen LogP contribution in [0.3, 0.4) is 0 Å². The van der Waals surface area contributed by atoms with E-state index in [-0.39, 0.29) is 107 Å². The van der Waals surface area contributed by atoms with Crippen LogP contribution in [0.5, 0.6) is 11.5 Å². The number of hydrogen-bond acceptors (Lipinski definition) is 4. The van der Waals surface area contributed by atoms with Crippen LogP contribution in [-0.2, 0) is 37.3 Å². The minimum Gasteiger partial charge on any atom is -0.509 e. The molecule has 0 N–H and O–H groups in total. The number of aromatic nitrogens is 2. The minimum absolute atomic E-state index is 0. The number of hydrogen-bond donors (Lipinski definition) is 0. The third kappa shape index (κ3) is 8.35. The Bertz CT molecular complexity index is 3860. The van der Waals surface area contributed by atoms with Crippen molar-refractivity contribution < 1.29 is 40.9 Å². The fourth-order valence-electron chi connectivity index (χ4n) is 8.29. The van der Waals surface area contributed by atoms with Crippen LogP contribution in [0.2, 0.25) is 0 Å². The molecule has 0 aliphatic carbocycles. The average molecular weight is 1050 g/mol. The first-order chi connectivity index (χ1) is 35.7. The first-order valence-electron chi connectivity index (χ1n) is 27.2. The third-order valence-electron chi connectivity index (χ3n) is 11.9. The van der Waals surface area contributed by atoms with Gasteiger partial charge < -0.3 is 19.1 Å². The zero-order chi connectivity index (χ0) is 54.8. The number of nitrogens with zero attached hydrogens (tertiary/aromatic N) is 4. The Morgan fingerprint density at radius 1 is 0.561 bits per heavy atom. The molecular weight excluding hydrogens is 988 g/mol. The van der Waals surface area contributed by atoms with Crippen molar-refractivity contribution >= 4 is 44.6 Å². The van der Waals surface area contributed by atoms with Crippen LogP contribution in [0.1, 0.15) is 94.1 Å². The standard InChI is InChI=1S/C60H55N4O.Pt/c1-58(2,3)42-22-17-21-41(33-42)51-35-44(60(7,8)9)34-50(40-19-11-10-12-20-40)57(51)63-39-62(53-27-15-16-28-54(53)63)45-23-18-24-46(37-45)65-47-29-30-49-48-25-13-14-26-52(48)64(55(49)38-47)56-36-43(31-32-61-56)59(4,5)6;/h10-36,39H,1-9H3;/q-3;/i10D,11D,12D,13D,14D,19D,20D,25D,26D,29D,30D;. The van der Waals surface area contributed by atoms with Crippen LogP contribution < -0.4 is 14.5 Å². The van der Waals surface area contributed by atoms with Gasteiger partial charge in [0.25, 0.3) is 0 Å². The van der Waals surface area contributed by atoms with Crippen molar-refractivity contribution in [1.29, 1.82) is 0 Å². The molecule has 0 bridgehead atoms. The largest absolute Gasteiger partial charge is 0.509 e. The molecule has 3 heterocycles. The van der Waals surface area contributed by atoms with E-state index in [0.29, 0.717) is 22.8 Å². The van der Waals surface area contributed by atoms with Crippen molar-refractivity contribution in [3.8, 4) is 39.6 Å². The number of pyridine rings is 1. The van der Waals surface area contributed by atoms with Crippen LogP contribution in [0.4, 0.5) is 22.7 Å². The van der Waals surface area contributed by atoms with E-state index >= 15 is 0 Å². The van der Waals surface area contributed by atoms with Crippen molar-refractivity contribution in [2.75, 3.05) is 9.80 Å². The topological polar surface area (TPSA) is 33.5 Å². The summed E-state index contributed by atoms with van der Waals surface area (Å²) in [6.07, 6.45) is 1.63. The Kier molecular flexibility index (Phi) is 8.58. The summed E-state index contributed by atoms with van der Waals surface area (Å²) in [6.45, 7) is 20.7. The van der Waals surface area contributed by atoms with Crippen LogP contribution in [-0.4, -0.2) is 9.55 Å². The quantitative estimate of drug-likeness (QED) is 0.149. The van der Waals surface area contributed by atoms with Crippen molar-refractivity contribution in [3.63, 3.8) is 0 Å². The Labute approximate surface area is 420 Å². The molecule has 0 unspecified atom stereocenters. The van der Waals surface area contributed by atoms with Crippen LogP contribution >= 0.6 is 0 Å². The molecule has 6 heteroatoms. The summed E-state index contributed by atoms with van der Waals surface area (Å²) in [6, 6.07) is 31.4. The summed E-state index contributed by atoms with van der Waals surface area (Å²) in [7, 11) is 0. The van der Waals surface area contributed by atoms with E-state index in [9.17, 15) is 5.48 Å². The second-order valence-corrected chi connectivity index (χ2v) is 19.5. The van der Waals surface area contributed by atoms with Crippen LogP contribution in [0, 0.1) is 18.8 Å². The molecular formula is C60H55N4OPt-3. The van der Waals surface area contributed by atoms with Gasteiger partial charge >= 0.3 is 0 Å². The molecule has 1 aliphatic heterocycles. The van der Waals surface area contributed by atoms with Crippen molar-refractivity contribution in [2.24, 2.45) is 0 Å². The zero-order valence-electron chi connectivity index (χ0n) is 49.3. The molecule has 10 rings (SSSR count). The van der Waals surface area contributed by atoms with Crippen LogP contribution in [0.15, 0.2) is 164 Å². The molecule has 9 aromatic rings. The van der Waals surface area contributed by atoms with Crippen molar-refractivity contribution in [2.45, 2.75) is 78.6 Å². The fraction of sp³-hybridized carbons (Fsp3) is 0.200. The van der Waals surface area contributed by atoms with Gasteiger partial charge in [0.05, 0.1) is 12.3 Å². The third-order valence-corrected chi connectivity index (χ3v) is 11.9. The van der Waals surface area contributed by atoms with Crippen molar-refractivity contribution in [3.05, 3.63) is 199 Å². The van der Waals surface area contributed by atoms with Gasteiger partial charge in [-0.3, -0.25) is 0 Å². The number of anilines is 4. The van der Waals surface area contributed by atoms with E-state index in [1.165, 1.54) is 0 Å². The number of ether oxygens (including phenoxy) is 1. The van der Waals surface area contributed by atoms with E-state index in [1.54, 1.807) is 22.9 Å². The first-order valence-corrected chi connectivity index (χ1v) is 21.7. The maximum absolute atomic E-state index is 9.40. The molecule has 0 atom stereocenters. The molecule has 0 spiro atoms. The summed E-state index contributed by atoms with van der Waals surface area (Å²) >= 11 is 0. The molecule has 0 saturated heterocycles. The zero-order valence-corrected chi connectivity index (χ0v) is 40.6. The fourth-order valence-corrected chi connectivity index (χ4v) is 8.29. The molecule has 0 fully saturated rings. The number of fused-ring (bicyclic) bond motifs is 4. The molecule has 0 radical (unpaired) electrons. The molecule has 1 aliphatic rings. The van der Waals surface area contributed by atoms with Gasteiger partial charge in [0.15, 0.2) is 0 Å². The number of benzene rings is 7. The molecule has 66 heavy (non-hydrogen) atoms. The Balaban J connectivity index is 0.00000722. The predicted octanol–water partition coefficient (Wildman–Crippen LogP) is 16.2. The van der Waals surface area contributed by atoms with Gasteiger partial charge in [-0.15, -0.1) is 48.1 Å². The molecule has 5 nitrogen and oxygen atoms in total. The molecule has 0 saturated carbocycles. The molecule has 334 valence electrons. The summed E-state index contributed by atoms with van der Waals surface area (Å²) < 4.78 is 107. The molecule has 2 aromatic heterocycles. The smallest absolute Gasteiger partial charge is 0.135 e. The second-order valence-electron chi connectivity index (χ2n) is 19.5. The summed E-state index contributed by atoms with van der Waals surface area (Å²) in [5.41, 5.74) is 6.94. The van der Waals surface area contributed by atoms with Crippen LogP contribution in [0.25, 0.3) is 49.9 Å². The summed E-state index contributed by atoms with van der Waals surface area (Å²) in [5.74, 6) is 0.360. The SMILES string of the molecule is [2H]c1c([2H])c([2H])c(-c2cc(C(C)(C)C)cc(-c3cccc(C(C)(C)C)c3)c2N2[CH-]N(c3[c-]c(Oc4[c-]c5c(c([2H])c4[2H])c4c([2H])c([2H])c([2H])c([2H])c4n5-c4cc(C(C)(C)C)ccn4)ccc3)c3ccccc32)c([2H])c1[2H].[Pt]. The molecule has 0 amide bonds. The average Bonchev–Trinajstić information content (AvgIpc) is 3.99. The van der Waals surface area contributed by atoms with Gasteiger partial charge in [-0.2, -0.15) is 12.1 Å². The number of para-hydroxylation sites is 3. The van der Waals surface area contributed by atoms with Gasteiger partial charge in [0, 0.05) is 73.8 Å². The summed E-state index contributed by atoms with van der Waals surface area (Å²) in [5, 5.41) is 0.172. The summed E-state index contributed by atoms with van der Waals surface area (Å²) in [4.78, 5) is 8.56. The minimum atomic E-state index is -0.485. The second kappa shape index (κ2) is 17.1. The van der Waals surface area contributed by atoms with Gasteiger partial charge in [0.1, 0.15) is 5.82 Å². The van der Waals surface area contributed by atoms with Gasteiger partial charge in [-0.05, 0) is 93.3 Å². The maximum atomic E-state index is 9.40. The van der Waals surface area contributed by atoms with Crippen molar-refractivity contribution in [1.82, 2.24) is 9.55 Å². The Hall–Kier alpha value is -6.42.